The van der Waals surface area contributed by atoms with Crippen molar-refractivity contribution in [2.45, 2.75) is 25.4 Å². The molecule has 7 nitrogen and oxygen atoms in total. The second-order valence-corrected chi connectivity index (χ2v) is 7.50. The first-order chi connectivity index (χ1) is 11.5. The molecular formula is C16H20N4O3S. The lowest BCUT2D eigenvalue weighted by Crippen LogP contribution is -2.46. The summed E-state index contributed by atoms with van der Waals surface area (Å²) >= 11 is 0. The molecule has 3 rings (SSSR count). The lowest BCUT2D eigenvalue weighted by Gasteiger charge is -2.32. The molecule has 0 atom stereocenters. The van der Waals surface area contributed by atoms with Crippen molar-refractivity contribution in [3.05, 3.63) is 42.4 Å². The molecule has 128 valence electrons. The number of aromatic nitrogens is 2. The molecule has 1 fully saturated rings. The van der Waals surface area contributed by atoms with Crippen LogP contribution in [0.4, 0.5) is 0 Å². The Hall–Kier alpha value is -2.19. The molecule has 0 bridgehead atoms. The van der Waals surface area contributed by atoms with E-state index in [1.165, 1.54) is 0 Å². The maximum atomic E-state index is 12.5. The number of carbonyl (C=O) groups is 1. The third kappa shape index (κ3) is 3.65. The Bertz CT molecular complexity index is 851. The van der Waals surface area contributed by atoms with Crippen LogP contribution in [-0.4, -0.2) is 48.1 Å². The molecule has 1 N–H and O–H groups in total. The molecule has 2 aromatic rings. The lowest BCUT2D eigenvalue weighted by molar-refractivity contribution is -0.133. The second kappa shape index (κ2) is 6.74. The first-order valence-corrected chi connectivity index (χ1v) is 9.36. The van der Waals surface area contributed by atoms with E-state index < -0.39 is 10.0 Å². The van der Waals surface area contributed by atoms with Gasteiger partial charge in [0.15, 0.2) is 0 Å². The summed E-state index contributed by atoms with van der Waals surface area (Å²) in [6, 6.07) is 7.60. The van der Waals surface area contributed by atoms with Gasteiger partial charge in [0.25, 0.3) is 0 Å². The number of hydrogen-bond acceptors (Lipinski definition) is 4. The third-order valence-corrected chi connectivity index (χ3v) is 5.33. The zero-order valence-corrected chi connectivity index (χ0v) is 14.1. The number of benzene rings is 1. The van der Waals surface area contributed by atoms with E-state index in [2.05, 4.69) is 16.4 Å². The van der Waals surface area contributed by atoms with Gasteiger partial charge >= 0.3 is 0 Å². The van der Waals surface area contributed by atoms with E-state index in [1.807, 2.05) is 24.3 Å². The summed E-state index contributed by atoms with van der Waals surface area (Å²) in [7, 11) is -3.43. The number of fused-ring (bicyclic) bond motifs is 1. The fourth-order valence-corrected chi connectivity index (χ4v) is 3.70. The Morgan fingerprint density at radius 3 is 2.75 bits per heavy atom. The molecule has 0 spiro atoms. The highest BCUT2D eigenvalue weighted by atomic mass is 32.2. The van der Waals surface area contributed by atoms with Gasteiger partial charge in [0.2, 0.25) is 15.9 Å². The van der Waals surface area contributed by atoms with Crippen molar-refractivity contribution >= 4 is 26.8 Å². The number of para-hydroxylation sites is 1. The average molecular weight is 348 g/mol. The summed E-state index contributed by atoms with van der Waals surface area (Å²) in [4.78, 5) is 14.2. The Balaban J connectivity index is 1.58. The Morgan fingerprint density at radius 2 is 2.04 bits per heavy atom. The van der Waals surface area contributed by atoms with Crippen molar-refractivity contribution < 1.29 is 13.2 Å². The van der Waals surface area contributed by atoms with Crippen molar-refractivity contribution in [1.82, 2.24) is 19.4 Å². The highest BCUT2D eigenvalue weighted by Gasteiger charge is 2.25. The number of nitrogens with zero attached hydrogens (tertiary/aromatic N) is 3. The quantitative estimate of drug-likeness (QED) is 0.877. The number of nitrogens with one attached hydrogen (secondary N) is 1. The molecule has 1 aliphatic heterocycles. The normalized spacial score (nSPS) is 16.4. The van der Waals surface area contributed by atoms with Crippen LogP contribution < -0.4 is 4.72 Å². The van der Waals surface area contributed by atoms with E-state index in [4.69, 9.17) is 0 Å². The fraction of sp³-hybridized carbons (Fsp3) is 0.375. The first-order valence-electron chi connectivity index (χ1n) is 7.81. The molecule has 24 heavy (non-hydrogen) atoms. The van der Waals surface area contributed by atoms with Gasteiger partial charge in [0.05, 0.1) is 11.7 Å². The van der Waals surface area contributed by atoms with Crippen molar-refractivity contribution in [2.24, 2.45) is 0 Å². The highest BCUT2D eigenvalue weighted by molar-refractivity contribution is 7.92. The molecular weight excluding hydrogens is 328 g/mol. The van der Waals surface area contributed by atoms with Gasteiger partial charge in [-0.1, -0.05) is 24.8 Å². The summed E-state index contributed by atoms with van der Waals surface area (Å²) in [5.74, 6) is -0.00567. The van der Waals surface area contributed by atoms with E-state index >= 15 is 0 Å². The van der Waals surface area contributed by atoms with E-state index in [9.17, 15) is 13.2 Å². The van der Waals surface area contributed by atoms with E-state index in [-0.39, 0.29) is 18.5 Å². The van der Waals surface area contributed by atoms with Crippen LogP contribution in [-0.2, 0) is 21.4 Å². The van der Waals surface area contributed by atoms with Gasteiger partial charge in [-0.05, 0) is 18.9 Å². The number of amides is 1. The molecule has 0 radical (unpaired) electrons. The van der Waals surface area contributed by atoms with Crippen LogP contribution >= 0.6 is 0 Å². The van der Waals surface area contributed by atoms with Crippen LogP contribution in [0.25, 0.3) is 10.9 Å². The van der Waals surface area contributed by atoms with E-state index in [0.29, 0.717) is 25.9 Å². The standard InChI is InChI=1S/C16H20N4O3S/c1-2-24(22,23)18-14-7-9-19(10-8-14)16(21)12-20-15-6-4-3-5-13(15)11-17-20/h2-6,11,14,18H,1,7-10,12H2. The van der Waals surface area contributed by atoms with Crippen LogP contribution in [0.5, 0.6) is 0 Å². The van der Waals surface area contributed by atoms with E-state index in [1.54, 1.807) is 15.8 Å². The number of likely N-dealkylation sites (tertiary alicyclic amines) is 1. The summed E-state index contributed by atoms with van der Waals surface area (Å²) in [6.45, 7) is 4.53. The van der Waals surface area contributed by atoms with Crippen molar-refractivity contribution in [3.63, 3.8) is 0 Å². The smallest absolute Gasteiger partial charge is 0.244 e. The number of sulfonamides is 1. The summed E-state index contributed by atoms with van der Waals surface area (Å²) < 4.78 is 27.3. The maximum Gasteiger partial charge on any atom is 0.244 e. The molecule has 2 heterocycles. The average Bonchev–Trinajstić information content (AvgIpc) is 2.98. The number of hydrogen-bond donors (Lipinski definition) is 1. The van der Waals surface area contributed by atoms with Crippen LogP contribution in [0.15, 0.2) is 42.4 Å². The van der Waals surface area contributed by atoms with Gasteiger partial charge in [-0.15, -0.1) is 0 Å². The van der Waals surface area contributed by atoms with E-state index in [0.717, 1.165) is 16.3 Å². The van der Waals surface area contributed by atoms with Crippen LogP contribution in [0.2, 0.25) is 0 Å². The number of piperidine rings is 1. The summed E-state index contributed by atoms with van der Waals surface area (Å²) in [5.41, 5.74) is 0.930. The molecule has 8 heteroatoms. The predicted molar refractivity (Wildman–Crippen MR) is 91.6 cm³/mol. The molecule has 0 saturated carbocycles. The van der Waals surface area contributed by atoms with Crippen LogP contribution in [0, 0.1) is 0 Å². The first kappa shape index (κ1) is 16.7. The van der Waals surface area contributed by atoms with Crippen molar-refractivity contribution in [2.75, 3.05) is 13.1 Å². The number of carbonyl (C=O) groups excluding carboxylic acids is 1. The molecule has 0 unspecified atom stereocenters. The maximum absolute atomic E-state index is 12.5. The predicted octanol–water partition coefficient (Wildman–Crippen LogP) is 1.09. The molecule has 0 aliphatic carbocycles. The molecule has 1 saturated heterocycles. The fourth-order valence-electron chi connectivity index (χ4n) is 2.91. The van der Waals surface area contributed by atoms with Crippen LogP contribution in [0.3, 0.4) is 0 Å². The van der Waals surface area contributed by atoms with Gasteiger partial charge in [-0.2, -0.15) is 5.10 Å². The van der Waals surface area contributed by atoms with Crippen molar-refractivity contribution in [1.29, 1.82) is 0 Å². The minimum absolute atomic E-state index is 0.00567. The minimum atomic E-state index is -3.43. The van der Waals surface area contributed by atoms with Crippen molar-refractivity contribution in [3.8, 4) is 0 Å². The van der Waals surface area contributed by atoms with Gasteiger partial charge in [0, 0.05) is 29.9 Å². The van der Waals surface area contributed by atoms with Gasteiger partial charge < -0.3 is 4.90 Å². The summed E-state index contributed by atoms with van der Waals surface area (Å²) in [5, 5.41) is 6.18. The van der Waals surface area contributed by atoms with Gasteiger partial charge in [0.1, 0.15) is 6.54 Å². The Kier molecular flexibility index (Phi) is 4.68. The van der Waals surface area contributed by atoms with Crippen LogP contribution in [0.1, 0.15) is 12.8 Å². The molecule has 1 amide bonds. The second-order valence-electron chi connectivity index (χ2n) is 5.85. The zero-order valence-electron chi connectivity index (χ0n) is 13.3. The SMILES string of the molecule is C=CS(=O)(=O)NC1CCN(C(=O)Cn2ncc3ccccc32)CC1. The Morgan fingerprint density at radius 1 is 1.33 bits per heavy atom. The molecule has 1 aromatic heterocycles. The highest BCUT2D eigenvalue weighted by Crippen LogP contribution is 2.15. The molecule has 1 aromatic carbocycles. The number of rotatable bonds is 5. The largest absolute Gasteiger partial charge is 0.341 e. The van der Waals surface area contributed by atoms with Gasteiger partial charge in [-0.3, -0.25) is 9.48 Å². The molecule has 1 aliphatic rings. The Labute approximate surface area is 141 Å². The lowest BCUT2D eigenvalue weighted by atomic mass is 10.1. The topological polar surface area (TPSA) is 84.3 Å². The monoisotopic (exact) mass is 348 g/mol. The summed E-state index contributed by atoms with van der Waals surface area (Å²) in [6.07, 6.45) is 2.94. The van der Waals surface area contributed by atoms with Gasteiger partial charge in [-0.25, -0.2) is 13.1 Å². The minimum Gasteiger partial charge on any atom is -0.341 e. The third-order valence-electron chi connectivity index (χ3n) is 4.23. The zero-order chi connectivity index (χ0) is 17.2.